The van der Waals surface area contributed by atoms with E-state index in [9.17, 15) is 14.9 Å². The van der Waals surface area contributed by atoms with Gasteiger partial charge < -0.3 is 37.9 Å². The van der Waals surface area contributed by atoms with Crippen LogP contribution >= 0.6 is 0 Å². The maximum Gasteiger partial charge on any atom is 0.513 e. The summed E-state index contributed by atoms with van der Waals surface area (Å²) in [6.07, 6.45) is -0.918. The minimum atomic E-state index is -0.918. The number of methoxy groups -OCH3 is 1. The Morgan fingerprint density at radius 1 is 0.719 bits per heavy atom. The van der Waals surface area contributed by atoms with Crippen LogP contribution in [-0.4, -0.2) is 97.5 Å². The van der Waals surface area contributed by atoms with Gasteiger partial charge in [0.15, 0.2) is 0 Å². The standard InChI is InChI=1S/C20H31NO11/c1-25-6-7-26-8-9-27-10-11-28-12-13-29-14-15-30-16-17-31-20(22)32-19-4-2-18(3-5-19)21(23)24/h2-5H,6-17H2,1H3. The number of rotatable bonds is 20. The van der Waals surface area contributed by atoms with Gasteiger partial charge in [-0.05, 0) is 12.1 Å². The van der Waals surface area contributed by atoms with Gasteiger partial charge in [-0.2, -0.15) is 0 Å². The summed E-state index contributed by atoms with van der Waals surface area (Å²) in [6, 6.07) is 5.08. The first-order valence-corrected chi connectivity index (χ1v) is 10.1. The third-order valence-electron chi connectivity index (χ3n) is 3.62. The van der Waals surface area contributed by atoms with E-state index in [1.54, 1.807) is 7.11 Å². The molecule has 0 saturated heterocycles. The molecule has 0 aliphatic rings. The van der Waals surface area contributed by atoms with Crippen molar-refractivity contribution in [3.8, 4) is 5.75 Å². The lowest BCUT2D eigenvalue weighted by atomic mass is 10.3. The number of carbonyl (C=O) groups excluding carboxylic acids is 1. The van der Waals surface area contributed by atoms with Gasteiger partial charge in [-0.25, -0.2) is 4.79 Å². The fourth-order valence-corrected chi connectivity index (χ4v) is 2.07. The largest absolute Gasteiger partial charge is 0.513 e. The molecule has 0 bridgehead atoms. The van der Waals surface area contributed by atoms with Gasteiger partial charge in [0.25, 0.3) is 5.69 Å². The van der Waals surface area contributed by atoms with Crippen molar-refractivity contribution in [3.63, 3.8) is 0 Å². The zero-order valence-corrected chi connectivity index (χ0v) is 18.2. The molecule has 0 aromatic heterocycles. The van der Waals surface area contributed by atoms with Crippen molar-refractivity contribution >= 4 is 11.8 Å². The minimum Gasteiger partial charge on any atom is -0.432 e. The van der Waals surface area contributed by atoms with Gasteiger partial charge in [-0.1, -0.05) is 0 Å². The van der Waals surface area contributed by atoms with E-state index >= 15 is 0 Å². The van der Waals surface area contributed by atoms with Crippen molar-refractivity contribution in [1.29, 1.82) is 0 Å². The van der Waals surface area contributed by atoms with Gasteiger partial charge >= 0.3 is 6.16 Å². The second kappa shape index (κ2) is 19.3. The van der Waals surface area contributed by atoms with Crippen LogP contribution < -0.4 is 4.74 Å². The fourth-order valence-electron chi connectivity index (χ4n) is 2.07. The molecule has 0 aliphatic carbocycles. The van der Waals surface area contributed by atoms with Gasteiger partial charge in [0.05, 0.1) is 77.6 Å². The number of nitrogens with zero attached hydrogens (tertiary/aromatic N) is 1. The van der Waals surface area contributed by atoms with Gasteiger partial charge in [0.1, 0.15) is 12.4 Å². The first-order chi connectivity index (χ1) is 15.6. The maximum absolute atomic E-state index is 11.5. The molecule has 0 atom stereocenters. The number of hydrogen-bond acceptors (Lipinski definition) is 11. The molecule has 1 aromatic carbocycles. The molecule has 12 heteroatoms. The van der Waals surface area contributed by atoms with Crippen LogP contribution in [0.15, 0.2) is 24.3 Å². The molecular weight excluding hydrogens is 430 g/mol. The molecule has 0 aliphatic heterocycles. The monoisotopic (exact) mass is 461 g/mol. The lowest BCUT2D eigenvalue weighted by molar-refractivity contribution is -0.384. The summed E-state index contributed by atoms with van der Waals surface area (Å²) in [7, 11) is 1.62. The van der Waals surface area contributed by atoms with Gasteiger partial charge in [0, 0.05) is 19.2 Å². The van der Waals surface area contributed by atoms with Gasteiger partial charge in [0.2, 0.25) is 0 Å². The first-order valence-electron chi connectivity index (χ1n) is 10.1. The second-order valence-corrected chi connectivity index (χ2v) is 6.01. The third kappa shape index (κ3) is 15.5. The van der Waals surface area contributed by atoms with Crippen LogP contribution in [0.25, 0.3) is 0 Å². The first kappa shape index (κ1) is 27.7. The Morgan fingerprint density at radius 3 is 1.53 bits per heavy atom. The molecule has 0 spiro atoms. The SMILES string of the molecule is COCCOCCOCCOCCOCCOCCOC(=O)Oc1ccc([N+](=O)[O-])cc1. The predicted octanol–water partition coefficient (Wildman–Crippen LogP) is 1.84. The summed E-state index contributed by atoms with van der Waals surface area (Å²) < 4.78 is 41.2. The van der Waals surface area contributed by atoms with Crippen molar-refractivity contribution in [2.75, 3.05) is 86.4 Å². The molecule has 0 unspecified atom stereocenters. The minimum absolute atomic E-state index is 0.00630. The van der Waals surface area contributed by atoms with E-state index in [1.165, 1.54) is 24.3 Å². The Balaban J connectivity index is 1.82. The van der Waals surface area contributed by atoms with E-state index in [1.807, 2.05) is 0 Å². The molecule has 32 heavy (non-hydrogen) atoms. The number of non-ortho nitro benzene ring substituents is 1. The van der Waals surface area contributed by atoms with Crippen molar-refractivity contribution < 1.29 is 47.6 Å². The van der Waals surface area contributed by atoms with Crippen LogP contribution in [-0.2, 0) is 33.2 Å². The van der Waals surface area contributed by atoms with Crippen LogP contribution in [0.3, 0.4) is 0 Å². The van der Waals surface area contributed by atoms with Crippen molar-refractivity contribution in [2.45, 2.75) is 0 Å². The third-order valence-corrected chi connectivity index (χ3v) is 3.62. The van der Waals surface area contributed by atoms with Crippen LogP contribution in [0.4, 0.5) is 10.5 Å². The summed E-state index contributed by atoms with van der Waals surface area (Å²) in [5, 5.41) is 10.6. The molecule has 1 rings (SSSR count). The van der Waals surface area contributed by atoms with Gasteiger partial charge in [-0.3, -0.25) is 10.1 Å². The van der Waals surface area contributed by atoms with E-state index in [0.29, 0.717) is 66.1 Å². The molecule has 0 heterocycles. The predicted molar refractivity (Wildman–Crippen MR) is 111 cm³/mol. The lowest BCUT2D eigenvalue weighted by Gasteiger charge is -2.08. The highest BCUT2D eigenvalue weighted by molar-refractivity contribution is 5.63. The Hall–Kier alpha value is -2.35. The Kier molecular flexibility index (Phi) is 16.7. The van der Waals surface area contributed by atoms with Gasteiger partial charge in [-0.15, -0.1) is 0 Å². The number of nitro groups is 1. The van der Waals surface area contributed by atoms with Crippen LogP contribution in [0.2, 0.25) is 0 Å². The molecule has 1 aromatic rings. The summed E-state index contributed by atoms with van der Waals surface area (Å²) in [5.74, 6) is 0.149. The zero-order chi connectivity index (χ0) is 23.3. The zero-order valence-electron chi connectivity index (χ0n) is 18.2. The van der Waals surface area contributed by atoms with Crippen molar-refractivity contribution in [2.24, 2.45) is 0 Å². The highest BCUT2D eigenvalue weighted by atomic mass is 16.7. The van der Waals surface area contributed by atoms with E-state index < -0.39 is 11.1 Å². The lowest BCUT2D eigenvalue weighted by Crippen LogP contribution is -2.16. The molecule has 0 radical (unpaired) electrons. The van der Waals surface area contributed by atoms with Crippen molar-refractivity contribution in [3.05, 3.63) is 34.4 Å². The number of benzene rings is 1. The van der Waals surface area contributed by atoms with E-state index in [-0.39, 0.29) is 24.7 Å². The highest BCUT2D eigenvalue weighted by Crippen LogP contribution is 2.17. The average Bonchev–Trinajstić information content (AvgIpc) is 2.78. The maximum atomic E-state index is 11.5. The normalized spacial score (nSPS) is 10.8. The van der Waals surface area contributed by atoms with Crippen LogP contribution in [0.1, 0.15) is 0 Å². The van der Waals surface area contributed by atoms with Crippen LogP contribution in [0.5, 0.6) is 5.75 Å². The molecule has 182 valence electrons. The molecule has 0 N–H and O–H groups in total. The van der Waals surface area contributed by atoms with Crippen molar-refractivity contribution in [1.82, 2.24) is 0 Å². The molecule has 0 amide bonds. The van der Waals surface area contributed by atoms with E-state index in [0.717, 1.165) is 0 Å². The topological polar surface area (TPSA) is 134 Å². The van der Waals surface area contributed by atoms with E-state index in [2.05, 4.69) is 0 Å². The number of ether oxygens (including phenoxy) is 8. The smallest absolute Gasteiger partial charge is 0.432 e. The van der Waals surface area contributed by atoms with E-state index in [4.69, 9.17) is 37.9 Å². The number of carbonyl (C=O) groups is 1. The fraction of sp³-hybridized carbons (Fsp3) is 0.650. The van der Waals surface area contributed by atoms with Crippen LogP contribution in [0, 0.1) is 10.1 Å². The summed E-state index contributed by atoms with van der Waals surface area (Å²) in [5.41, 5.74) is -0.0995. The summed E-state index contributed by atoms with van der Waals surface area (Å²) >= 11 is 0. The highest BCUT2D eigenvalue weighted by Gasteiger charge is 2.09. The molecular formula is C20H31NO11. The number of hydrogen-bond donors (Lipinski definition) is 0. The molecule has 12 nitrogen and oxygen atoms in total. The quantitative estimate of drug-likeness (QED) is 0.0925. The second-order valence-electron chi connectivity index (χ2n) is 6.01. The summed E-state index contributed by atoms with van der Waals surface area (Å²) in [6.45, 7) is 4.93. The number of nitro benzene ring substituents is 1. The Morgan fingerprint density at radius 2 is 1.12 bits per heavy atom. The summed E-state index contributed by atoms with van der Waals surface area (Å²) in [4.78, 5) is 21.5. The Labute approximate surface area is 186 Å². The molecule has 0 saturated carbocycles. The molecule has 0 fully saturated rings. The average molecular weight is 461 g/mol. The Bertz CT molecular complexity index is 612.